The van der Waals surface area contributed by atoms with Crippen LogP contribution in [-0.4, -0.2) is 16.0 Å². The maximum atomic E-state index is 12.1. The number of hydrogen-bond donors (Lipinski definition) is 3. The van der Waals surface area contributed by atoms with E-state index in [0.717, 1.165) is 14.9 Å². The normalized spacial score (nSPS) is 10.5. The number of nitrogens with one attached hydrogen (secondary N) is 2. The molecule has 5 nitrogen and oxygen atoms in total. The molecule has 3 N–H and O–H groups in total. The van der Waals surface area contributed by atoms with Crippen LogP contribution in [0.1, 0.15) is 9.75 Å². The van der Waals surface area contributed by atoms with Crippen molar-refractivity contribution >= 4 is 51.0 Å². The molecule has 1 amide bonds. The van der Waals surface area contributed by atoms with E-state index >= 15 is 0 Å². The minimum Gasteiger partial charge on any atom is -0.504 e. The lowest BCUT2D eigenvalue weighted by atomic mass is 10.2. The van der Waals surface area contributed by atoms with E-state index in [1.54, 1.807) is 47.1 Å². The number of hydrogen-bond acceptors (Lipinski definition) is 6. The molecule has 0 atom stereocenters. The molecular formula is C16H14ClN3O2S2. The second-order valence-electron chi connectivity index (χ2n) is 4.92. The molecule has 0 unspecified atom stereocenters. The molecule has 0 fully saturated rings. The van der Waals surface area contributed by atoms with Gasteiger partial charge < -0.3 is 15.7 Å². The average molecular weight is 380 g/mol. The monoisotopic (exact) mass is 379 g/mol. The molecular weight excluding hydrogens is 366 g/mol. The second-order valence-corrected chi connectivity index (χ2v) is 7.47. The number of phenolic OH excluding ortho intramolecular Hbond substituents is 1. The van der Waals surface area contributed by atoms with E-state index in [1.807, 2.05) is 17.5 Å². The zero-order chi connectivity index (χ0) is 16.9. The van der Waals surface area contributed by atoms with Gasteiger partial charge in [-0.1, -0.05) is 17.7 Å². The van der Waals surface area contributed by atoms with Crippen LogP contribution >= 0.6 is 34.3 Å². The number of para-hydroxylation sites is 1. The molecule has 2 heterocycles. The first-order valence-electron chi connectivity index (χ1n) is 7.10. The van der Waals surface area contributed by atoms with E-state index in [0.29, 0.717) is 12.2 Å². The van der Waals surface area contributed by atoms with Crippen LogP contribution in [0.4, 0.5) is 10.8 Å². The zero-order valence-corrected chi connectivity index (χ0v) is 14.8. The first kappa shape index (κ1) is 16.8. The van der Waals surface area contributed by atoms with Gasteiger partial charge in [-0.05, 0) is 24.3 Å². The fraction of sp³-hybridized carbons (Fsp3) is 0.125. The number of aromatic hydroxyl groups is 1. The lowest BCUT2D eigenvalue weighted by Gasteiger charge is -2.07. The van der Waals surface area contributed by atoms with Crippen molar-refractivity contribution in [1.29, 1.82) is 0 Å². The smallest absolute Gasteiger partial charge is 0.229 e. The van der Waals surface area contributed by atoms with Crippen LogP contribution in [0.25, 0.3) is 0 Å². The molecule has 0 aliphatic heterocycles. The summed E-state index contributed by atoms with van der Waals surface area (Å²) in [5.41, 5.74) is 0.315. The molecule has 0 radical (unpaired) electrons. The van der Waals surface area contributed by atoms with Gasteiger partial charge in [0.2, 0.25) is 5.91 Å². The molecule has 124 valence electrons. The van der Waals surface area contributed by atoms with Crippen molar-refractivity contribution in [2.24, 2.45) is 0 Å². The highest BCUT2D eigenvalue weighted by molar-refractivity contribution is 7.13. The molecule has 0 bridgehead atoms. The molecule has 1 aromatic carbocycles. The predicted octanol–water partition coefficient (Wildman–Crippen LogP) is 4.36. The summed E-state index contributed by atoms with van der Waals surface area (Å²) in [5.74, 6) is -0.319. The lowest BCUT2D eigenvalue weighted by molar-refractivity contribution is -0.115. The largest absolute Gasteiger partial charge is 0.504 e. The first-order valence-corrected chi connectivity index (χ1v) is 9.17. The summed E-state index contributed by atoms with van der Waals surface area (Å²) in [4.78, 5) is 18.4. The standard InChI is InChI=1S/C16H14ClN3O2S2/c17-12-2-1-3-13(15(12)22)20-14(21)8-10-4-5-11(24-10)9-19-16-18-6-7-23-16/h1-7,22H,8-9H2,(H,18,19)(H,20,21). The summed E-state index contributed by atoms with van der Waals surface area (Å²) in [6, 6.07) is 8.77. The molecule has 0 aliphatic rings. The minimum absolute atomic E-state index is 0.118. The number of carbonyl (C=O) groups is 1. The van der Waals surface area contributed by atoms with Crippen LogP contribution in [0.3, 0.4) is 0 Å². The van der Waals surface area contributed by atoms with Crippen molar-refractivity contribution in [2.75, 3.05) is 10.6 Å². The highest BCUT2D eigenvalue weighted by atomic mass is 35.5. The highest BCUT2D eigenvalue weighted by Gasteiger charge is 2.11. The third-order valence-electron chi connectivity index (χ3n) is 3.16. The van der Waals surface area contributed by atoms with Gasteiger partial charge in [-0.25, -0.2) is 4.98 Å². The van der Waals surface area contributed by atoms with Crippen molar-refractivity contribution in [3.05, 3.63) is 56.7 Å². The summed E-state index contributed by atoms with van der Waals surface area (Å²) < 4.78 is 0. The number of thiophene rings is 1. The number of rotatable bonds is 6. The van der Waals surface area contributed by atoms with Gasteiger partial charge in [-0.3, -0.25) is 4.79 Å². The van der Waals surface area contributed by atoms with Crippen molar-refractivity contribution in [1.82, 2.24) is 4.98 Å². The van der Waals surface area contributed by atoms with Crippen LogP contribution < -0.4 is 10.6 Å². The quantitative estimate of drug-likeness (QED) is 0.556. The Morgan fingerprint density at radius 3 is 2.88 bits per heavy atom. The van der Waals surface area contributed by atoms with Gasteiger partial charge in [-0.15, -0.1) is 22.7 Å². The number of aromatic nitrogens is 1. The van der Waals surface area contributed by atoms with Crippen molar-refractivity contribution < 1.29 is 9.90 Å². The van der Waals surface area contributed by atoms with E-state index in [2.05, 4.69) is 15.6 Å². The van der Waals surface area contributed by atoms with Gasteiger partial charge in [-0.2, -0.15) is 0 Å². The van der Waals surface area contributed by atoms with Crippen LogP contribution in [-0.2, 0) is 17.8 Å². The highest BCUT2D eigenvalue weighted by Crippen LogP contribution is 2.31. The van der Waals surface area contributed by atoms with Crippen LogP contribution in [0, 0.1) is 0 Å². The Morgan fingerprint density at radius 2 is 2.08 bits per heavy atom. The Hall–Kier alpha value is -2.09. The Kier molecular flexibility index (Phi) is 5.34. The molecule has 8 heteroatoms. The fourth-order valence-electron chi connectivity index (χ4n) is 2.05. The molecule has 2 aromatic heterocycles. The number of amides is 1. The minimum atomic E-state index is -0.200. The molecule has 0 aliphatic carbocycles. The molecule has 3 aromatic rings. The van der Waals surface area contributed by atoms with E-state index < -0.39 is 0 Å². The van der Waals surface area contributed by atoms with E-state index in [4.69, 9.17) is 11.6 Å². The Morgan fingerprint density at radius 1 is 1.25 bits per heavy atom. The summed E-state index contributed by atoms with van der Waals surface area (Å²) in [7, 11) is 0. The van der Waals surface area contributed by atoms with Crippen molar-refractivity contribution in [3.8, 4) is 5.75 Å². The van der Waals surface area contributed by atoms with E-state index in [1.165, 1.54) is 0 Å². The lowest BCUT2D eigenvalue weighted by Crippen LogP contribution is -2.13. The molecule has 0 spiro atoms. The number of benzene rings is 1. The predicted molar refractivity (Wildman–Crippen MR) is 99.2 cm³/mol. The third-order valence-corrected chi connectivity index (χ3v) is 5.28. The number of phenols is 1. The Labute approximate surface area is 151 Å². The van der Waals surface area contributed by atoms with E-state index in [-0.39, 0.29) is 23.1 Å². The van der Waals surface area contributed by atoms with Crippen LogP contribution in [0.5, 0.6) is 5.75 Å². The zero-order valence-electron chi connectivity index (χ0n) is 12.5. The molecule has 0 saturated carbocycles. The van der Waals surface area contributed by atoms with Gasteiger partial charge in [0, 0.05) is 21.3 Å². The Bertz CT molecular complexity index is 834. The van der Waals surface area contributed by atoms with Crippen LogP contribution in [0.2, 0.25) is 5.02 Å². The van der Waals surface area contributed by atoms with Crippen LogP contribution in [0.15, 0.2) is 41.9 Å². The van der Waals surface area contributed by atoms with Gasteiger partial charge in [0.25, 0.3) is 0 Å². The number of halogens is 1. The van der Waals surface area contributed by atoms with Crippen molar-refractivity contribution in [3.63, 3.8) is 0 Å². The molecule has 0 saturated heterocycles. The number of anilines is 2. The average Bonchev–Trinajstić information content (AvgIpc) is 3.21. The van der Waals surface area contributed by atoms with Gasteiger partial charge >= 0.3 is 0 Å². The third kappa shape index (κ3) is 4.25. The summed E-state index contributed by atoms with van der Waals surface area (Å²) in [6.45, 7) is 0.675. The number of thiazole rings is 1. The number of carbonyl (C=O) groups excluding carboxylic acids is 1. The summed E-state index contributed by atoms with van der Waals surface area (Å²) in [6.07, 6.45) is 2.00. The van der Waals surface area contributed by atoms with Crippen molar-refractivity contribution in [2.45, 2.75) is 13.0 Å². The fourth-order valence-corrected chi connectivity index (χ4v) is 3.71. The maximum Gasteiger partial charge on any atom is 0.229 e. The van der Waals surface area contributed by atoms with E-state index in [9.17, 15) is 9.90 Å². The molecule has 3 rings (SSSR count). The second kappa shape index (κ2) is 7.65. The Balaban J connectivity index is 1.56. The summed E-state index contributed by atoms with van der Waals surface area (Å²) in [5, 5.41) is 18.7. The van der Waals surface area contributed by atoms with Gasteiger partial charge in [0.05, 0.1) is 23.7 Å². The SMILES string of the molecule is O=C(Cc1ccc(CNc2nccs2)s1)Nc1cccc(Cl)c1O. The molecule has 24 heavy (non-hydrogen) atoms. The first-order chi connectivity index (χ1) is 11.6. The maximum absolute atomic E-state index is 12.1. The van der Waals surface area contributed by atoms with Gasteiger partial charge in [0.1, 0.15) is 0 Å². The number of nitrogens with zero attached hydrogens (tertiary/aromatic N) is 1. The topological polar surface area (TPSA) is 74.2 Å². The summed E-state index contributed by atoms with van der Waals surface area (Å²) >= 11 is 8.94. The van der Waals surface area contributed by atoms with Gasteiger partial charge in [0.15, 0.2) is 10.9 Å².